The zero-order valence-corrected chi connectivity index (χ0v) is 8.24. The van der Waals surface area contributed by atoms with E-state index in [2.05, 4.69) is 0 Å². The van der Waals surface area contributed by atoms with Crippen LogP contribution in [0, 0.1) is 0 Å². The molecule has 1 aromatic carbocycles. The van der Waals surface area contributed by atoms with Crippen molar-refractivity contribution in [1.82, 2.24) is 0 Å². The van der Waals surface area contributed by atoms with Crippen LogP contribution in [0.15, 0.2) is 24.3 Å². The maximum atomic E-state index is 10.8. The van der Waals surface area contributed by atoms with Crippen LogP contribution in [-0.2, 0) is 4.79 Å². The van der Waals surface area contributed by atoms with Gasteiger partial charge in [0.1, 0.15) is 0 Å². The van der Waals surface area contributed by atoms with Gasteiger partial charge in [-0.2, -0.15) is 0 Å². The standard InChI is InChI=1S/C10H13BNO/c1-8(13)11-9-5-4-6-10(7-9)12(2)3/h4-7H,1-3H3. The molecule has 1 radical (unpaired) electrons. The quantitative estimate of drug-likeness (QED) is 0.626. The number of benzene rings is 1. The summed E-state index contributed by atoms with van der Waals surface area (Å²) in [5.41, 5.74) is 2.14. The van der Waals surface area contributed by atoms with Crippen molar-refractivity contribution in [3.05, 3.63) is 24.3 Å². The number of rotatable bonds is 3. The van der Waals surface area contributed by atoms with Gasteiger partial charge in [0.05, 0.1) is 5.68 Å². The van der Waals surface area contributed by atoms with Crippen LogP contribution in [-0.4, -0.2) is 27.1 Å². The first-order chi connectivity index (χ1) is 6.09. The Labute approximate surface area is 79.8 Å². The SMILES string of the molecule is CC(=O)[B]c1cccc(N(C)C)c1. The highest BCUT2D eigenvalue weighted by Gasteiger charge is 2.02. The van der Waals surface area contributed by atoms with Gasteiger partial charge in [-0.25, -0.2) is 0 Å². The molecular weight excluding hydrogens is 161 g/mol. The normalized spacial score (nSPS) is 9.46. The minimum atomic E-state index is 0.0795. The van der Waals surface area contributed by atoms with Crippen molar-refractivity contribution in [2.75, 3.05) is 19.0 Å². The van der Waals surface area contributed by atoms with Crippen LogP contribution in [0.25, 0.3) is 0 Å². The van der Waals surface area contributed by atoms with Gasteiger partial charge in [-0.1, -0.05) is 17.6 Å². The van der Waals surface area contributed by atoms with Crippen molar-refractivity contribution in [3.8, 4) is 0 Å². The van der Waals surface area contributed by atoms with Gasteiger partial charge in [-0.3, -0.25) is 0 Å². The molecular formula is C10H13BNO. The second kappa shape index (κ2) is 4.12. The molecule has 3 heteroatoms. The number of nitrogens with zero attached hydrogens (tertiary/aromatic N) is 1. The lowest BCUT2D eigenvalue weighted by atomic mass is 9.67. The summed E-state index contributed by atoms with van der Waals surface area (Å²) in [6.07, 6.45) is 0. The lowest BCUT2D eigenvalue weighted by Gasteiger charge is -2.12. The summed E-state index contributed by atoms with van der Waals surface area (Å²) in [7, 11) is 5.59. The number of hydrogen-bond donors (Lipinski definition) is 0. The third-order valence-electron chi connectivity index (χ3n) is 1.76. The third kappa shape index (κ3) is 2.94. The highest BCUT2D eigenvalue weighted by Crippen LogP contribution is 2.06. The highest BCUT2D eigenvalue weighted by atomic mass is 16.1. The molecule has 0 spiro atoms. The third-order valence-corrected chi connectivity index (χ3v) is 1.76. The van der Waals surface area contributed by atoms with Crippen LogP contribution >= 0.6 is 0 Å². The van der Waals surface area contributed by atoms with Gasteiger partial charge in [0.25, 0.3) is 0 Å². The van der Waals surface area contributed by atoms with E-state index in [-0.39, 0.29) is 5.68 Å². The largest absolute Gasteiger partial charge is 0.378 e. The lowest BCUT2D eigenvalue weighted by Crippen LogP contribution is -2.22. The van der Waals surface area contributed by atoms with Crippen LogP contribution < -0.4 is 10.4 Å². The van der Waals surface area contributed by atoms with Crippen LogP contribution in [0.4, 0.5) is 5.69 Å². The van der Waals surface area contributed by atoms with E-state index in [0.29, 0.717) is 0 Å². The Bertz CT molecular complexity index is 310. The Kier molecular flexibility index (Phi) is 3.12. The fourth-order valence-electron chi connectivity index (χ4n) is 1.13. The van der Waals surface area contributed by atoms with Gasteiger partial charge in [0.2, 0.25) is 7.28 Å². The molecule has 0 fully saturated rings. The minimum Gasteiger partial charge on any atom is -0.378 e. The minimum absolute atomic E-state index is 0.0795. The molecule has 0 saturated carbocycles. The second-order valence-corrected chi connectivity index (χ2v) is 3.24. The summed E-state index contributed by atoms with van der Waals surface area (Å²) in [5, 5.41) is 0. The summed E-state index contributed by atoms with van der Waals surface area (Å²) >= 11 is 0. The van der Waals surface area contributed by atoms with E-state index in [1.165, 1.54) is 0 Å². The summed E-state index contributed by atoms with van der Waals surface area (Å²) < 4.78 is 0. The van der Waals surface area contributed by atoms with E-state index in [1.807, 2.05) is 43.3 Å². The predicted molar refractivity (Wildman–Crippen MR) is 56.8 cm³/mol. The molecule has 67 valence electrons. The van der Waals surface area contributed by atoms with Gasteiger partial charge >= 0.3 is 0 Å². The molecule has 13 heavy (non-hydrogen) atoms. The molecule has 2 nitrogen and oxygen atoms in total. The van der Waals surface area contributed by atoms with Crippen molar-refractivity contribution < 1.29 is 4.79 Å². The monoisotopic (exact) mass is 174 g/mol. The van der Waals surface area contributed by atoms with Gasteiger partial charge < -0.3 is 9.69 Å². The molecule has 0 bridgehead atoms. The Hall–Kier alpha value is -1.25. The molecule has 0 aromatic heterocycles. The van der Waals surface area contributed by atoms with E-state index < -0.39 is 0 Å². The number of anilines is 1. The Balaban J connectivity index is 2.85. The molecule has 0 heterocycles. The first-order valence-corrected chi connectivity index (χ1v) is 4.22. The smallest absolute Gasteiger partial charge is 0.240 e. The van der Waals surface area contributed by atoms with Crippen molar-refractivity contribution in [2.45, 2.75) is 6.92 Å². The molecule has 1 aromatic rings. The number of carbonyl (C=O) groups is 1. The Morgan fingerprint density at radius 3 is 2.62 bits per heavy atom. The molecule has 0 amide bonds. The van der Waals surface area contributed by atoms with Gasteiger partial charge in [-0.15, -0.1) is 0 Å². The van der Waals surface area contributed by atoms with Crippen LogP contribution in [0.1, 0.15) is 6.92 Å². The fourth-order valence-corrected chi connectivity index (χ4v) is 1.13. The van der Waals surface area contributed by atoms with Crippen molar-refractivity contribution in [1.29, 1.82) is 0 Å². The van der Waals surface area contributed by atoms with E-state index in [4.69, 9.17) is 0 Å². The first-order valence-electron chi connectivity index (χ1n) is 4.22. The first kappa shape index (κ1) is 9.84. The van der Waals surface area contributed by atoms with E-state index in [1.54, 1.807) is 14.2 Å². The average molecular weight is 174 g/mol. The van der Waals surface area contributed by atoms with Crippen LogP contribution in [0.5, 0.6) is 0 Å². The maximum absolute atomic E-state index is 10.8. The Morgan fingerprint density at radius 1 is 1.38 bits per heavy atom. The summed E-state index contributed by atoms with van der Waals surface area (Å²) in [5.74, 6) is 0. The topological polar surface area (TPSA) is 20.3 Å². The molecule has 0 N–H and O–H groups in total. The predicted octanol–water partition coefficient (Wildman–Crippen LogP) is 0.629. The van der Waals surface area contributed by atoms with Crippen molar-refractivity contribution in [3.63, 3.8) is 0 Å². The van der Waals surface area contributed by atoms with Gasteiger partial charge in [0.15, 0.2) is 0 Å². The molecule has 0 aliphatic carbocycles. The lowest BCUT2D eigenvalue weighted by molar-refractivity contribution is -0.110. The molecule has 0 unspecified atom stereocenters. The zero-order chi connectivity index (χ0) is 9.84. The second-order valence-electron chi connectivity index (χ2n) is 3.24. The van der Waals surface area contributed by atoms with E-state index in [9.17, 15) is 4.79 Å². The fraction of sp³-hybridized carbons (Fsp3) is 0.300. The molecule has 0 aliphatic rings. The molecule has 0 atom stereocenters. The summed E-state index contributed by atoms with van der Waals surface area (Å²) in [4.78, 5) is 12.8. The number of carbonyl (C=O) groups excluding carboxylic acids is 1. The van der Waals surface area contributed by atoms with Gasteiger partial charge in [0, 0.05) is 19.8 Å². The van der Waals surface area contributed by atoms with Crippen molar-refractivity contribution >= 4 is 24.1 Å². The highest BCUT2D eigenvalue weighted by molar-refractivity contribution is 6.83. The summed E-state index contributed by atoms with van der Waals surface area (Å²) in [6, 6.07) is 7.87. The summed E-state index contributed by atoms with van der Waals surface area (Å²) in [6.45, 7) is 1.56. The maximum Gasteiger partial charge on any atom is 0.240 e. The zero-order valence-electron chi connectivity index (χ0n) is 8.24. The average Bonchev–Trinajstić information content (AvgIpc) is 2.03. The van der Waals surface area contributed by atoms with Crippen molar-refractivity contribution in [2.24, 2.45) is 0 Å². The molecule has 0 saturated heterocycles. The van der Waals surface area contributed by atoms with E-state index >= 15 is 0 Å². The number of hydrogen-bond acceptors (Lipinski definition) is 2. The molecule has 1 rings (SSSR count). The van der Waals surface area contributed by atoms with Gasteiger partial charge in [-0.05, 0) is 19.1 Å². The van der Waals surface area contributed by atoms with Crippen LogP contribution in [0.2, 0.25) is 0 Å². The van der Waals surface area contributed by atoms with E-state index in [0.717, 1.165) is 11.2 Å². The Morgan fingerprint density at radius 2 is 2.08 bits per heavy atom. The van der Waals surface area contributed by atoms with Crippen LogP contribution in [0.3, 0.4) is 0 Å². The molecule has 0 aliphatic heterocycles.